The Kier molecular flexibility index (Phi) is 7.06. The van der Waals surface area contributed by atoms with Crippen LogP contribution >= 0.6 is 0 Å². The topological polar surface area (TPSA) is 122 Å². The van der Waals surface area contributed by atoms with E-state index in [1.54, 1.807) is 0 Å². The SMILES string of the molecule is CC(C)(C)NCCC(=O)N[C@H](CCC(N)=O)C(=O)O. The first-order valence-corrected chi connectivity index (χ1v) is 6.17. The standard InChI is InChI=1S/C12H23N3O4/c1-12(2,3)14-7-6-10(17)15-8(11(18)19)4-5-9(13)16/h8,14H,4-7H2,1-3H3,(H2,13,16)(H,15,17)(H,18,19)/t8-/m1/s1. The first-order chi connectivity index (χ1) is 8.61. The average molecular weight is 273 g/mol. The number of nitrogens with one attached hydrogen (secondary N) is 2. The summed E-state index contributed by atoms with van der Waals surface area (Å²) in [6.07, 6.45) is 0.109. The minimum Gasteiger partial charge on any atom is -0.480 e. The second kappa shape index (κ2) is 7.73. The van der Waals surface area contributed by atoms with Gasteiger partial charge in [-0.3, -0.25) is 9.59 Å². The maximum absolute atomic E-state index is 11.6. The lowest BCUT2D eigenvalue weighted by Crippen LogP contribution is -2.43. The number of amides is 2. The molecule has 19 heavy (non-hydrogen) atoms. The molecule has 0 saturated heterocycles. The Bertz CT molecular complexity index is 336. The predicted molar refractivity (Wildman–Crippen MR) is 70.4 cm³/mol. The zero-order chi connectivity index (χ0) is 15.1. The van der Waals surface area contributed by atoms with Crippen LogP contribution in [0.4, 0.5) is 0 Å². The lowest BCUT2D eigenvalue weighted by Gasteiger charge is -2.20. The number of carboxylic acid groups (broad SMARTS) is 1. The molecule has 0 saturated carbocycles. The number of rotatable bonds is 8. The molecule has 0 aromatic heterocycles. The lowest BCUT2D eigenvalue weighted by molar-refractivity contribution is -0.142. The molecule has 0 aliphatic carbocycles. The summed E-state index contributed by atoms with van der Waals surface area (Å²) in [6, 6.07) is -1.07. The van der Waals surface area contributed by atoms with Crippen LogP contribution in [0.15, 0.2) is 0 Å². The van der Waals surface area contributed by atoms with Crippen molar-refractivity contribution < 1.29 is 19.5 Å². The van der Waals surface area contributed by atoms with Gasteiger partial charge in [-0.15, -0.1) is 0 Å². The van der Waals surface area contributed by atoms with Gasteiger partial charge in [0.15, 0.2) is 0 Å². The van der Waals surface area contributed by atoms with Gasteiger partial charge in [0.25, 0.3) is 0 Å². The van der Waals surface area contributed by atoms with Crippen LogP contribution in [0.5, 0.6) is 0 Å². The Labute approximate surface area is 112 Å². The van der Waals surface area contributed by atoms with Crippen molar-refractivity contribution in [2.75, 3.05) is 6.54 Å². The van der Waals surface area contributed by atoms with E-state index < -0.39 is 17.9 Å². The molecule has 0 bridgehead atoms. The van der Waals surface area contributed by atoms with E-state index in [-0.39, 0.29) is 30.7 Å². The van der Waals surface area contributed by atoms with Crippen molar-refractivity contribution in [1.29, 1.82) is 0 Å². The maximum Gasteiger partial charge on any atom is 0.326 e. The Balaban J connectivity index is 4.10. The highest BCUT2D eigenvalue weighted by molar-refractivity contribution is 5.84. The van der Waals surface area contributed by atoms with E-state index in [9.17, 15) is 14.4 Å². The van der Waals surface area contributed by atoms with Gasteiger partial charge < -0.3 is 21.5 Å². The van der Waals surface area contributed by atoms with Gasteiger partial charge in [-0.05, 0) is 27.2 Å². The molecule has 0 aliphatic heterocycles. The van der Waals surface area contributed by atoms with Gasteiger partial charge in [0, 0.05) is 24.9 Å². The molecule has 2 amide bonds. The van der Waals surface area contributed by atoms with Gasteiger partial charge in [0.2, 0.25) is 11.8 Å². The minimum absolute atomic E-state index is 0.00308. The van der Waals surface area contributed by atoms with Crippen LogP contribution in [0, 0.1) is 0 Å². The average Bonchev–Trinajstić information content (AvgIpc) is 2.21. The van der Waals surface area contributed by atoms with Crippen LogP contribution in [0.3, 0.4) is 0 Å². The first kappa shape index (κ1) is 17.4. The molecule has 0 fully saturated rings. The van der Waals surface area contributed by atoms with Gasteiger partial charge in [-0.25, -0.2) is 4.79 Å². The molecular formula is C12H23N3O4. The van der Waals surface area contributed by atoms with E-state index in [1.807, 2.05) is 20.8 Å². The van der Waals surface area contributed by atoms with E-state index in [0.717, 1.165) is 0 Å². The van der Waals surface area contributed by atoms with Crippen molar-refractivity contribution in [3.8, 4) is 0 Å². The number of nitrogens with two attached hydrogens (primary N) is 1. The highest BCUT2D eigenvalue weighted by Gasteiger charge is 2.20. The van der Waals surface area contributed by atoms with Crippen LogP contribution in [0.25, 0.3) is 0 Å². The molecule has 0 aliphatic rings. The number of hydrogen-bond acceptors (Lipinski definition) is 4. The number of hydrogen-bond donors (Lipinski definition) is 4. The summed E-state index contributed by atoms with van der Waals surface area (Å²) in [6.45, 7) is 6.37. The van der Waals surface area contributed by atoms with Crippen molar-refractivity contribution in [3.05, 3.63) is 0 Å². The maximum atomic E-state index is 11.6. The molecular weight excluding hydrogens is 250 g/mol. The smallest absolute Gasteiger partial charge is 0.326 e. The van der Waals surface area contributed by atoms with Gasteiger partial charge >= 0.3 is 5.97 Å². The summed E-state index contributed by atoms with van der Waals surface area (Å²) in [4.78, 5) is 33.1. The molecule has 0 aromatic rings. The fourth-order valence-electron chi connectivity index (χ4n) is 1.36. The molecule has 0 rings (SSSR count). The lowest BCUT2D eigenvalue weighted by atomic mass is 10.1. The summed E-state index contributed by atoms with van der Waals surface area (Å²) >= 11 is 0. The van der Waals surface area contributed by atoms with E-state index in [4.69, 9.17) is 10.8 Å². The molecule has 1 atom stereocenters. The normalized spacial score (nSPS) is 12.8. The molecule has 0 aromatic carbocycles. The van der Waals surface area contributed by atoms with Gasteiger partial charge in [-0.2, -0.15) is 0 Å². The van der Waals surface area contributed by atoms with E-state index in [1.165, 1.54) is 0 Å². The summed E-state index contributed by atoms with van der Waals surface area (Å²) in [5, 5.41) is 14.4. The number of carbonyl (C=O) groups is 3. The zero-order valence-corrected chi connectivity index (χ0v) is 11.7. The van der Waals surface area contributed by atoms with E-state index in [2.05, 4.69) is 10.6 Å². The van der Waals surface area contributed by atoms with Crippen molar-refractivity contribution in [2.24, 2.45) is 5.73 Å². The minimum atomic E-state index is -1.17. The van der Waals surface area contributed by atoms with E-state index >= 15 is 0 Å². The van der Waals surface area contributed by atoms with Crippen molar-refractivity contribution >= 4 is 17.8 Å². The van der Waals surface area contributed by atoms with Gasteiger partial charge in [-0.1, -0.05) is 0 Å². The van der Waals surface area contributed by atoms with Crippen molar-refractivity contribution in [2.45, 2.75) is 51.6 Å². The fourth-order valence-corrected chi connectivity index (χ4v) is 1.36. The molecule has 7 heteroatoms. The predicted octanol–water partition coefficient (Wildman–Crippen LogP) is -0.400. The molecule has 7 nitrogen and oxygen atoms in total. The third kappa shape index (κ3) is 10.0. The van der Waals surface area contributed by atoms with Crippen molar-refractivity contribution in [3.63, 3.8) is 0 Å². The number of carbonyl (C=O) groups excluding carboxylic acids is 2. The monoisotopic (exact) mass is 273 g/mol. The van der Waals surface area contributed by atoms with Crippen LogP contribution in [0.1, 0.15) is 40.0 Å². The Morgan fingerprint density at radius 2 is 1.79 bits per heavy atom. The fraction of sp³-hybridized carbons (Fsp3) is 0.750. The zero-order valence-electron chi connectivity index (χ0n) is 11.7. The molecule has 0 heterocycles. The largest absolute Gasteiger partial charge is 0.480 e. The summed E-state index contributed by atoms with van der Waals surface area (Å²) in [7, 11) is 0. The quantitative estimate of drug-likeness (QED) is 0.479. The molecule has 0 spiro atoms. The Morgan fingerprint density at radius 3 is 2.21 bits per heavy atom. The number of carboxylic acids is 1. The summed E-state index contributed by atoms with van der Waals surface area (Å²) in [5.74, 6) is -2.12. The number of primary amides is 1. The number of aliphatic carboxylic acids is 1. The second-order valence-electron chi connectivity index (χ2n) is 5.39. The van der Waals surface area contributed by atoms with Crippen LogP contribution in [-0.4, -0.2) is 41.0 Å². The van der Waals surface area contributed by atoms with Crippen molar-refractivity contribution in [1.82, 2.24) is 10.6 Å². The van der Waals surface area contributed by atoms with Gasteiger partial charge in [0.1, 0.15) is 6.04 Å². The molecule has 0 unspecified atom stereocenters. The molecule has 5 N–H and O–H groups in total. The third-order valence-electron chi connectivity index (χ3n) is 2.32. The summed E-state index contributed by atoms with van der Waals surface area (Å²) in [5.41, 5.74) is 4.85. The molecule has 0 radical (unpaired) electrons. The Morgan fingerprint density at radius 1 is 1.21 bits per heavy atom. The van der Waals surface area contributed by atoms with Gasteiger partial charge in [0.05, 0.1) is 0 Å². The Hall–Kier alpha value is -1.63. The highest BCUT2D eigenvalue weighted by atomic mass is 16.4. The van der Waals surface area contributed by atoms with E-state index in [0.29, 0.717) is 6.54 Å². The first-order valence-electron chi connectivity index (χ1n) is 6.17. The van der Waals surface area contributed by atoms with Crippen LogP contribution in [-0.2, 0) is 14.4 Å². The summed E-state index contributed by atoms with van der Waals surface area (Å²) < 4.78 is 0. The van der Waals surface area contributed by atoms with Crippen LogP contribution < -0.4 is 16.4 Å². The third-order valence-corrected chi connectivity index (χ3v) is 2.32. The van der Waals surface area contributed by atoms with Crippen LogP contribution in [0.2, 0.25) is 0 Å². The highest BCUT2D eigenvalue weighted by Crippen LogP contribution is 2.00. The molecule has 110 valence electrons. The second-order valence-corrected chi connectivity index (χ2v) is 5.39.